The summed E-state index contributed by atoms with van der Waals surface area (Å²) in [7, 11) is 0. The van der Waals surface area contributed by atoms with Gasteiger partial charge < -0.3 is 0 Å². The van der Waals surface area contributed by atoms with Crippen LogP contribution in [0, 0.1) is 11.7 Å². The highest BCUT2D eigenvalue weighted by Crippen LogP contribution is 2.31. The SMILES string of the molecule is C=C[C](C)c1cc(F)ccc1C(C)(C)C. The van der Waals surface area contributed by atoms with E-state index in [9.17, 15) is 4.39 Å². The Labute approximate surface area is 91.8 Å². The second-order valence-corrected chi connectivity index (χ2v) is 4.83. The minimum Gasteiger partial charge on any atom is -0.207 e. The Hall–Kier alpha value is -1.11. The van der Waals surface area contributed by atoms with E-state index in [1.165, 1.54) is 6.07 Å². The zero-order valence-electron chi connectivity index (χ0n) is 9.89. The fourth-order valence-electron chi connectivity index (χ4n) is 1.61. The van der Waals surface area contributed by atoms with Gasteiger partial charge in [-0.3, -0.25) is 0 Å². The Morgan fingerprint density at radius 1 is 1.33 bits per heavy atom. The molecule has 1 heteroatoms. The van der Waals surface area contributed by atoms with Crippen molar-refractivity contribution < 1.29 is 4.39 Å². The molecule has 0 aliphatic heterocycles. The molecule has 0 saturated heterocycles. The number of allylic oxidation sites excluding steroid dienone is 1. The molecule has 1 rings (SSSR count). The van der Waals surface area contributed by atoms with Crippen LogP contribution in [0.2, 0.25) is 0 Å². The maximum Gasteiger partial charge on any atom is 0.123 e. The van der Waals surface area contributed by atoms with Crippen LogP contribution >= 0.6 is 0 Å². The molecular weight excluding hydrogens is 187 g/mol. The predicted molar refractivity (Wildman–Crippen MR) is 63.3 cm³/mol. The van der Waals surface area contributed by atoms with Crippen molar-refractivity contribution in [3.63, 3.8) is 0 Å². The first kappa shape index (κ1) is 12.0. The maximum absolute atomic E-state index is 13.2. The number of rotatable bonds is 2. The average Bonchev–Trinajstić information content (AvgIpc) is 2.14. The van der Waals surface area contributed by atoms with Crippen LogP contribution in [-0.4, -0.2) is 0 Å². The van der Waals surface area contributed by atoms with E-state index in [0.717, 1.165) is 17.0 Å². The molecule has 0 fully saturated rings. The molecule has 0 unspecified atom stereocenters. The fourth-order valence-corrected chi connectivity index (χ4v) is 1.61. The van der Waals surface area contributed by atoms with E-state index in [1.807, 2.05) is 13.0 Å². The second-order valence-electron chi connectivity index (χ2n) is 4.83. The second kappa shape index (κ2) is 4.18. The molecule has 0 saturated carbocycles. The van der Waals surface area contributed by atoms with E-state index in [0.29, 0.717) is 0 Å². The molecule has 0 aliphatic carbocycles. The summed E-state index contributed by atoms with van der Waals surface area (Å²) >= 11 is 0. The molecule has 1 aromatic rings. The van der Waals surface area contributed by atoms with Crippen LogP contribution in [0.25, 0.3) is 0 Å². The molecule has 1 aromatic carbocycles. The molecule has 0 bridgehead atoms. The van der Waals surface area contributed by atoms with Gasteiger partial charge in [0.1, 0.15) is 5.82 Å². The van der Waals surface area contributed by atoms with Gasteiger partial charge in [-0.25, -0.2) is 4.39 Å². The van der Waals surface area contributed by atoms with E-state index in [4.69, 9.17) is 0 Å². The third-order valence-corrected chi connectivity index (χ3v) is 2.52. The first-order chi connectivity index (χ1) is 6.86. The lowest BCUT2D eigenvalue weighted by atomic mass is 9.80. The lowest BCUT2D eigenvalue weighted by Crippen LogP contribution is -2.15. The van der Waals surface area contributed by atoms with Crippen molar-refractivity contribution in [2.45, 2.75) is 33.1 Å². The molecule has 1 radical (unpaired) electrons. The van der Waals surface area contributed by atoms with Gasteiger partial charge in [-0.15, -0.1) is 6.58 Å². The first-order valence-electron chi connectivity index (χ1n) is 5.12. The molecule has 0 amide bonds. The summed E-state index contributed by atoms with van der Waals surface area (Å²) in [5, 5.41) is 0. The number of benzene rings is 1. The minimum absolute atomic E-state index is 0.0211. The van der Waals surface area contributed by atoms with E-state index < -0.39 is 0 Å². The molecular formula is C14H18F. The highest BCUT2D eigenvalue weighted by Gasteiger charge is 2.20. The van der Waals surface area contributed by atoms with E-state index in [2.05, 4.69) is 27.4 Å². The summed E-state index contributed by atoms with van der Waals surface area (Å²) in [6, 6.07) is 4.95. The average molecular weight is 205 g/mol. The third kappa shape index (κ3) is 2.68. The fraction of sp³-hybridized carbons (Fsp3) is 0.357. The van der Waals surface area contributed by atoms with Crippen molar-refractivity contribution in [3.05, 3.63) is 53.7 Å². The molecule has 0 aromatic heterocycles. The van der Waals surface area contributed by atoms with Gasteiger partial charge in [0.2, 0.25) is 0 Å². The number of hydrogen-bond acceptors (Lipinski definition) is 0. The van der Waals surface area contributed by atoms with Crippen molar-refractivity contribution in [1.82, 2.24) is 0 Å². The summed E-state index contributed by atoms with van der Waals surface area (Å²) < 4.78 is 13.2. The van der Waals surface area contributed by atoms with Crippen molar-refractivity contribution >= 4 is 0 Å². The third-order valence-electron chi connectivity index (χ3n) is 2.52. The van der Waals surface area contributed by atoms with Gasteiger partial charge in [-0.1, -0.05) is 39.8 Å². The summed E-state index contributed by atoms with van der Waals surface area (Å²) in [4.78, 5) is 0. The Morgan fingerprint density at radius 2 is 1.93 bits per heavy atom. The molecule has 0 spiro atoms. The molecule has 0 N–H and O–H groups in total. The first-order valence-corrected chi connectivity index (χ1v) is 5.12. The Kier molecular flexibility index (Phi) is 3.33. The molecule has 0 nitrogen and oxygen atoms in total. The summed E-state index contributed by atoms with van der Waals surface area (Å²) in [5.74, 6) is 0.818. The molecule has 81 valence electrons. The van der Waals surface area contributed by atoms with Crippen molar-refractivity contribution in [1.29, 1.82) is 0 Å². The lowest BCUT2D eigenvalue weighted by molar-refractivity contribution is 0.577. The van der Waals surface area contributed by atoms with Crippen LogP contribution in [0.1, 0.15) is 38.8 Å². The van der Waals surface area contributed by atoms with Crippen molar-refractivity contribution in [2.75, 3.05) is 0 Å². The van der Waals surface area contributed by atoms with Gasteiger partial charge in [0.15, 0.2) is 0 Å². The zero-order valence-corrected chi connectivity index (χ0v) is 9.89. The van der Waals surface area contributed by atoms with Gasteiger partial charge in [-0.2, -0.15) is 0 Å². The van der Waals surface area contributed by atoms with Crippen molar-refractivity contribution in [3.8, 4) is 0 Å². The van der Waals surface area contributed by atoms with Gasteiger partial charge in [0.25, 0.3) is 0 Å². The monoisotopic (exact) mass is 205 g/mol. The minimum atomic E-state index is -0.195. The number of hydrogen-bond donors (Lipinski definition) is 0. The molecule has 0 aliphatic rings. The standard InChI is InChI=1S/C14H18F/c1-6-10(2)12-9-11(15)7-8-13(12)14(3,4)5/h6-9H,1H2,2-5H3. The summed E-state index contributed by atoms with van der Waals surface area (Å²) in [6.45, 7) is 12.1. The number of halogens is 1. The van der Waals surface area contributed by atoms with Gasteiger partial charge in [0, 0.05) is 5.92 Å². The van der Waals surface area contributed by atoms with Crippen LogP contribution in [0.15, 0.2) is 30.9 Å². The van der Waals surface area contributed by atoms with E-state index in [1.54, 1.807) is 12.1 Å². The summed E-state index contributed by atoms with van der Waals surface area (Å²) in [5.41, 5.74) is 2.13. The lowest BCUT2D eigenvalue weighted by Gasteiger charge is -2.24. The van der Waals surface area contributed by atoms with Crippen LogP contribution in [0.3, 0.4) is 0 Å². The van der Waals surface area contributed by atoms with Crippen molar-refractivity contribution in [2.24, 2.45) is 0 Å². The normalized spacial score (nSPS) is 11.9. The van der Waals surface area contributed by atoms with Gasteiger partial charge >= 0.3 is 0 Å². The maximum atomic E-state index is 13.2. The van der Waals surface area contributed by atoms with Gasteiger partial charge in [-0.05, 0) is 28.7 Å². The highest BCUT2D eigenvalue weighted by molar-refractivity contribution is 5.45. The van der Waals surface area contributed by atoms with E-state index >= 15 is 0 Å². The quantitative estimate of drug-likeness (QED) is 0.677. The van der Waals surface area contributed by atoms with Crippen LogP contribution in [0.4, 0.5) is 4.39 Å². The van der Waals surface area contributed by atoms with Crippen LogP contribution < -0.4 is 0 Å². The topological polar surface area (TPSA) is 0 Å². The smallest absolute Gasteiger partial charge is 0.123 e. The Bertz CT molecular complexity index is 358. The zero-order chi connectivity index (χ0) is 11.6. The highest BCUT2D eigenvalue weighted by atomic mass is 19.1. The Morgan fingerprint density at radius 3 is 2.40 bits per heavy atom. The molecule has 0 atom stereocenters. The molecule has 0 heterocycles. The van der Waals surface area contributed by atoms with Gasteiger partial charge in [0.05, 0.1) is 0 Å². The van der Waals surface area contributed by atoms with Crippen LogP contribution in [-0.2, 0) is 5.41 Å². The van der Waals surface area contributed by atoms with Crippen LogP contribution in [0.5, 0.6) is 0 Å². The molecule has 15 heavy (non-hydrogen) atoms. The largest absolute Gasteiger partial charge is 0.207 e. The summed E-state index contributed by atoms with van der Waals surface area (Å²) in [6.07, 6.45) is 1.77. The van der Waals surface area contributed by atoms with E-state index in [-0.39, 0.29) is 11.2 Å². The Balaban J connectivity index is 3.33. The predicted octanol–water partition coefficient (Wildman–Crippen LogP) is 4.25.